The lowest BCUT2D eigenvalue weighted by Crippen LogP contribution is -2.47. The Kier molecular flexibility index (Phi) is 6.48. The van der Waals surface area contributed by atoms with Gasteiger partial charge in [-0.2, -0.15) is 23.5 Å². The number of amides is 1. The number of aromatic nitrogens is 4. The van der Waals surface area contributed by atoms with E-state index in [-0.39, 0.29) is 34.0 Å². The van der Waals surface area contributed by atoms with Crippen LogP contribution in [0, 0.1) is 18.3 Å². The number of hydrogen-bond acceptors (Lipinski definition) is 6. The van der Waals surface area contributed by atoms with E-state index in [1.807, 2.05) is 6.07 Å². The van der Waals surface area contributed by atoms with Crippen molar-refractivity contribution >= 4 is 11.6 Å². The van der Waals surface area contributed by atoms with Crippen molar-refractivity contribution in [2.75, 3.05) is 0 Å². The third-order valence-corrected chi connectivity index (χ3v) is 5.90. The molecule has 0 saturated heterocycles. The maximum Gasteiger partial charge on any atom is 0.433 e. The number of benzene rings is 1. The summed E-state index contributed by atoms with van der Waals surface area (Å²) in [5.41, 5.74) is -0.436. The van der Waals surface area contributed by atoms with Crippen molar-refractivity contribution in [1.82, 2.24) is 24.9 Å². The van der Waals surface area contributed by atoms with E-state index in [2.05, 4.69) is 20.4 Å². The molecule has 1 aromatic carbocycles. The second-order valence-corrected chi connectivity index (χ2v) is 9.22. The Bertz CT molecular complexity index is 1550. The van der Waals surface area contributed by atoms with E-state index in [1.54, 1.807) is 45.0 Å². The summed E-state index contributed by atoms with van der Waals surface area (Å²) in [4.78, 5) is 21.1. The molecule has 2 N–H and O–H groups in total. The van der Waals surface area contributed by atoms with Crippen molar-refractivity contribution in [3.05, 3.63) is 71.2 Å². The zero-order chi connectivity index (χ0) is 27.1. The molecule has 4 aromatic rings. The second-order valence-electron chi connectivity index (χ2n) is 9.22. The van der Waals surface area contributed by atoms with Gasteiger partial charge in [0.2, 0.25) is 0 Å². The van der Waals surface area contributed by atoms with Crippen LogP contribution in [0.5, 0.6) is 0 Å². The molecule has 0 bridgehead atoms. The highest BCUT2D eigenvalue weighted by atomic mass is 19.4. The van der Waals surface area contributed by atoms with Crippen molar-refractivity contribution in [1.29, 1.82) is 5.26 Å². The first-order chi connectivity index (χ1) is 17.3. The maximum atomic E-state index is 13.6. The van der Waals surface area contributed by atoms with E-state index in [9.17, 15) is 28.3 Å². The number of rotatable bonds is 5. The first kappa shape index (κ1) is 25.8. The topological polar surface area (TPSA) is 116 Å². The van der Waals surface area contributed by atoms with Crippen LogP contribution in [-0.4, -0.2) is 42.2 Å². The summed E-state index contributed by atoms with van der Waals surface area (Å²) in [5, 5.41) is 26.6. The average Bonchev–Trinajstić information content (AvgIpc) is 3.21. The lowest BCUT2D eigenvalue weighted by molar-refractivity contribution is -0.141. The summed E-state index contributed by atoms with van der Waals surface area (Å²) in [5.74, 6) is -0.578. The fraction of sp³-hybridized carbons (Fsp3) is 0.269. The summed E-state index contributed by atoms with van der Waals surface area (Å²) in [6.07, 6.45) is -4.69. The highest BCUT2D eigenvalue weighted by molar-refractivity contribution is 5.93. The molecule has 0 radical (unpaired) electrons. The number of carbonyl (C=O) groups excluding carboxylic acids is 1. The lowest BCUT2D eigenvalue weighted by Gasteiger charge is -2.26. The summed E-state index contributed by atoms with van der Waals surface area (Å²) >= 11 is 0. The smallest absolute Gasteiger partial charge is 0.388 e. The SMILES string of the molecule is Cc1cc(-c2c(-c3cccc(C#N)c3)nc3ccc(C(=O)N[C@H](C)C(C)(C)O)nn23)cc(C(F)(F)F)n1. The number of aliphatic hydroxyl groups is 1. The number of halogens is 3. The van der Waals surface area contributed by atoms with Gasteiger partial charge in [0.15, 0.2) is 5.65 Å². The van der Waals surface area contributed by atoms with Gasteiger partial charge in [0.1, 0.15) is 17.1 Å². The van der Waals surface area contributed by atoms with Crippen LogP contribution in [-0.2, 0) is 6.18 Å². The molecule has 4 rings (SSSR count). The number of fused-ring (bicyclic) bond motifs is 1. The van der Waals surface area contributed by atoms with Crippen LogP contribution in [0.4, 0.5) is 13.2 Å². The predicted molar refractivity (Wildman–Crippen MR) is 129 cm³/mol. The number of alkyl halides is 3. The lowest BCUT2D eigenvalue weighted by atomic mass is 10.0. The fourth-order valence-electron chi connectivity index (χ4n) is 3.65. The molecule has 37 heavy (non-hydrogen) atoms. The van der Waals surface area contributed by atoms with E-state index >= 15 is 0 Å². The van der Waals surface area contributed by atoms with Crippen LogP contribution >= 0.6 is 0 Å². The Morgan fingerprint density at radius 2 is 1.84 bits per heavy atom. The predicted octanol–water partition coefficient (Wildman–Crippen LogP) is 4.55. The number of hydrogen-bond donors (Lipinski definition) is 2. The van der Waals surface area contributed by atoms with Crippen LogP contribution in [0.25, 0.3) is 28.2 Å². The van der Waals surface area contributed by atoms with E-state index in [0.717, 1.165) is 6.07 Å². The molecular formula is C26H23F3N6O2. The van der Waals surface area contributed by atoms with Crippen LogP contribution < -0.4 is 5.32 Å². The first-order valence-corrected chi connectivity index (χ1v) is 11.3. The van der Waals surface area contributed by atoms with E-state index in [0.29, 0.717) is 11.1 Å². The minimum Gasteiger partial charge on any atom is -0.388 e. The van der Waals surface area contributed by atoms with Gasteiger partial charge < -0.3 is 10.4 Å². The van der Waals surface area contributed by atoms with Gasteiger partial charge in [-0.15, -0.1) is 0 Å². The summed E-state index contributed by atoms with van der Waals surface area (Å²) in [7, 11) is 0. The van der Waals surface area contributed by atoms with Gasteiger partial charge in [-0.1, -0.05) is 12.1 Å². The first-order valence-electron chi connectivity index (χ1n) is 11.3. The summed E-state index contributed by atoms with van der Waals surface area (Å²) < 4.78 is 42.1. The molecule has 190 valence electrons. The zero-order valence-electron chi connectivity index (χ0n) is 20.4. The van der Waals surface area contributed by atoms with E-state index in [4.69, 9.17) is 0 Å². The van der Waals surface area contributed by atoms with E-state index < -0.39 is 29.4 Å². The van der Waals surface area contributed by atoms with Crippen molar-refractivity contribution < 1.29 is 23.1 Å². The number of pyridine rings is 1. The Morgan fingerprint density at radius 3 is 2.49 bits per heavy atom. The molecule has 11 heteroatoms. The Hall–Kier alpha value is -4.30. The monoisotopic (exact) mass is 508 g/mol. The van der Waals surface area contributed by atoms with Crippen LogP contribution in [0.15, 0.2) is 48.5 Å². The molecule has 1 amide bonds. The van der Waals surface area contributed by atoms with Gasteiger partial charge in [0.05, 0.1) is 29.0 Å². The molecule has 0 aliphatic heterocycles. The molecule has 0 spiro atoms. The van der Waals surface area contributed by atoms with E-state index in [1.165, 1.54) is 29.6 Å². The molecule has 0 unspecified atom stereocenters. The Labute approximate surface area is 210 Å². The molecule has 1 atom stereocenters. The van der Waals surface area contributed by atoms with Gasteiger partial charge in [-0.25, -0.2) is 14.5 Å². The van der Waals surface area contributed by atoms with Crippen LogP contribution in [0.2, 0.25) is 0 Å². The number of carbonyl (C=O) groups is 1. The molecular weight excluding hydrogens is 485 g/mol. The van der Waals surface area contributed by atoms with Gasteiger partial charge in [-0.3, -0.25) is 4.79 Å². The minimum atomic E-state index is -4.69. The van der Waals surface area contributed by atoms with Crippen LogP contribution in [0.1, 0.15) is 48.2 Å². The summed E-state index contributed by atoms with van der Waals surface area (Å²) in [6.45, 7) is 6.18. The zero-order valence-corrected chi connectivity index (χ0v) is 20.4. The van der Waals surface area contributed by atoms with Gasteiger partial charge in [0, 0.05) is 16.8 Å². The molecule has 0 aliphatic carbocycles. The average molecular weight is 509 g/mol. The normalized spacial score (nSPS) is 12.8. The van der Waals surface area contributed by atoms with Crippen molar-refractivity contribution in [3.8, 4) is 28.6 Å². The van der Waals surface area contributed by atoms with Crippen LogP contribution in [0.3, 0.4) is 0 Å². The molecule has 3 aromatic heterocycles. The van der Waals surface area contributed by atoms with Crippen molar-refractivity contribution in [3.63, 3.8) is 0 Å². The largest absolute Gasteiger partial charge is 0.433 e. The standard InChI is InChI=1S/C26H23F3N6O2/c1-14-10-18(12-20(31-14)26(27,28)29)23-22(17-7-5-6-16(11-17)13-30)33-21-9-8-19(34-35(21)23)24(36)32-15(2)25(3,4)37/h5-12,15,37H,1-4H3,(H,32,36)/t15-/m1/s1. The quantitative estimate of drug-likeness (QED) is 0.409. The van der Waals surface area contributed by atoms with Gasteiger partial charge in [-0.05, 0) is 64.1 Å². The minimum absolute atomic E-state index is 0.0265. The van der Waals surface area contributed by atoms with Gasteiger partial charge in [0.25, 0.3) is 5.91 Å². The fourth-order valence-corrected chi connectivity index (χ4v) is 3.65. The molecule has 0 aliphatic rings. The maximum absolute atomic E-state index is 13.6. The number of nitriles is 1. The molecule has 0 saturated carbocycles. The second kappa shape index (κ2) is 9.29. The molecule has 3 heterocycles. The third kappa shape index (κ3) is 5.29. The van der Waals surface area contributed by atoms with Crippen molar-refractivity contribution in [2.45, 2.75) is 45.5 Å². The van der Waals surface area contributed by atoms with Crippen molar-refractivity contribution in [2.24, 2.45) is 0 Å². The third-order valence-electron chi connectivity index (χ3n) is 5.90. The number of aryl methyl sites for hydroxylation is 1. The molecule has 0 fully saturated rings. The Balaban J connectivity index is 1.96. The van der Waals surface area contributed by atoms with Gasteiger partial charge >= 0.3 is 6.18 Å². The summed E-state index contributed by atoms with van der Waals surface area (Å²) in [6, 6.07) is 13.3. The number of nitrogens with zero attached hydrogens (tertiary/aromatic N) is 5. The highest BCUT2D eigenvalue weighted by Crippen LogP contribution is 2.36. The number of imidazole rings is 1. The highest BCUT2D eigenvalue weighted by Gasteiger charge is 2.34. The number of nitrogens with one attached hydrogen (secondary N) is 1. The Morgan fingerprint density at radius 1 is 1.11 bits per heavy atom. The molecule has 8 nitrogen and oxygen atoms in total.